The molecule has 4 rings (SSSR count). The summed E-state index contributed by atoms with van der Waals surface area (Å²) in [6.07, 6.45) is 6.58. The van der Waals surface area contributed by atoms with Crippen LogP contribution in [0.25, 0.3) is 10.9 Å². The molecule has 1 aliphatic heterocycles. The zero-order valence-electron chi connectivity index (χ0n) is 13.2. The number of nitrogens with zero attached hydrogens (tertiary/aromatic N) is 3. The number of hydrogen-bond acceptors (Lipinski definition) is 4. The molecule has 1 fully saturated rings. The van der Waals surface area contributed by atoms with Crippen molar-refractivity contribution in [3.05, 3.63) is 54.6 Å². The highest BCUT2D eigenvalue weighted by Crippen LogP contribution is 2.20. The van der Waals surface area contributed by atoms with Crippen molar-refractivity contribution in [1.29, 1.82) is 0 Å². The highest BCUT2D eigenvalue weighted by Gasteiger charge is 2.26. The predicted octanol–water partition coefficient (Wildman–Crippen LogP) is 2.64. The van der Waals surface area contributed by atoms with Crippen LogP contribution >= 0.6 is 0 Å². The molecule has 0 unspecified atom stereocenters. The van der Waals surface area contributed by atoms with Gasteiger partial charge in [-0.2, -0.15) is 0 Å². The summed E-state index contributed by atoms with van der Waals surface area (Å²) in [7, 11) is 0. The van der Waals surface area contributed by atoms with E-state index in [9.17, 15) is 4.79 Å². The molecule has 3 heterocycles. The van der Waals surface area contributed by atoms with Gasteiger partial charge in [-0.15, -0.1) is 0 Å². The Morgan fingerprint density at radius 1 is 1.29 bits per heavy atom. The monoisotopic (exact) mass is 322 g/mol. The van der Waals surface area contributed by atoms with Crippen LogP contribution in [0.1, 0.15) is 23.3 Å². The van der Waals surface area contributed by atoms with Crippen molar-refractivity contribution in [2.45, 2.75) is 18.9 Å². The number of carbonyl (C=O) groups is 1. The smallest absolute Gasteiger partial charge is 0.270 e. The van der Waals surface area contributed by atoms with Crippen LogP contribution < -0.4 is 4.74 Å². The van der Waals surface area contributed by atoms with Crippen molar-refractivity contribution in [2.24, 2.45) is 0 Å². The van der Waals surface area contributed by atoms with Gasteiger partial charge in [-0.25, -0.2) is 4.98 Å². The first-order valence-corrected chi connectivity index (χ1v) is 8.09. The first-order chi connectivity index (χ1) is 11.8. The zero-order valence-corrected chi connectivity index (χ0v) is 13.2. The van der Waals surface area contributed by atoms with E-state index < -0.39 is 0 Å². The number of H-pyrrole nitrogens is 1. The fourth-order valence-corrected chi connectivity index (χ4v) is 3.09. The molecule has 2 aromatic heterocycles. The van der Waals surface area contributed by atoms with Gasteiger partial charge in [-0.3, -0.25) is 9.78 Å². The summed E-state index contributed by atoms with van der Waals surface area (Å²) in [6, 6.07) is 9.81. The van der Waals surface area contributed by atoms with Crippen molar-refractivity contribution >= 4 is 16.8 Å². The Morgan fingerprint density at radius 2 is 2.21 bits per heavy atom. The van der Waals surface area contributed by atoms with Gasteiger partial charge in [-0.1, -0.05) is 18.2 Å². The SMILES string of the molecule is O=C(c1cc2ccccc2[nH]1)N1CCC[C@H](Oc2cnccn2)C1. The molecule has 0 radical (unpaired) electrons. The van der Waals surface area contributed by atoms with Gasteiger partial charge in [0.15, 0.2) is 0 Å². The number of para-hydroxylation sites is 1. The fraction of sp³-hybridized carbons (Fsp3) is 0.278. The van der Waals surface area contributed by atoms with E-state index in [0.29, 0.717) is 18.1 Å². The normalized spacial score (nSPS) is 17.8. The van der Waals surface area contributed by atoms with Crippen LogP contribution in [0.4, 0.5) is 0 Å². The number of piperidine rings is 1. The standard InChI is InChI=1S/C18H18N4O2/c23-18(16-10-13-4-1-2-6-15(13)21-16)22-9-3-5-14(12-22)24-17-11-19-7-8-20-17/h1-2,4,6-8,10-11,14,21H,3,5,9,12H2/t14-/m0/s1. The first-order valence-electron chi connectivity index (χ1n) is 8.09. The van der Waals surface area contributed by atoms with Gasteiger partial charge >= 0.3 is 0 Å². The molecule has 1 N–H and O–H groups in total. The fourth-order valence-electron chi connectivity index (χ4n) is 3.09. The number of aromatic nitrogens is 3. The molecular formula is C18H18N4O2. The summed E-state index contributed by atoms with van der Waals surface area (Å²) in [6.45, 7) is 1.30. The number of carbonyl (C=O) groups excluding carboxylic acids is 1. The summed E-state index contributed by atoms with van der Waals surface area (Å²) >= 11 is 0. The Bertz CT molecular complexity index is 813. The molecule has 0 bridgehead atoms. The number of benzene rings is 1. The lowest BCUT2D eigenvalue weighted by molar-refractivity contribution is 0.0522. The number of likely N-dealkylation sites (tertiary alicyclic amines) is 1. The van der Waals surface area contributed by atoms with E-state index in [0.717, 1.165) is 30.3 Å². The second-order valence-electron chi connectivity index (χ2n) is 5.95. The van der Waals surface area contributed by atoms with E-state index in [1.165, 1.54) is 0 Å². The molecule has 1 aromatic carbocycles. The lowest BCUT2D eigenvalue weighted by Gasteiger charge is -2.32. The number of hydrogen-bond donors (Lipinski definition) is 1. The quantitative estimate of drug-likeness (QED) is 0.805. The first kappa shape index (κ1) is 14.7. The highest BCUT2D eigenvalue weighted by molar-refractivity contribution is 5.98. The summed E-state index contributed by atoms with van der Waals surface area (Å²) in [5, 5.41) is 1.05. The summed E-state index contributed by atoms with van der Waals surface area (Å²) in [4.78, 5) is 26.0. The molecule has 122 valence electrons. The summed E-state index contributed by atoms with van der Waals surface area (Å²) in [5.41, 5.74) is 1.60. The average molecular weight is 322 g/mol. The largest absolute Gasteiger partial charge is 0.471 e. The Morgan fingerprint density at radius 3 is 3.04 bits per heavy atom. The Kier molecular flexibility index (Phi) is 3.86. The summed E-state index contributed by atoms with van der Waals surface area (Å²) < 4.78 is 5.85. The third kappa shape index (κ3) is 2.95. The van der Waals surface area contributed by atoms with Gasteiger partial charge in [0.1, 0.15) is 11.8 Å². The Labute approximate surface area is 139 Å². The number of rotatable bonds is 3. The topological polar surface area (TPSA) is 71.1 Å². The second kappa shape index (κ2) is 6.31. The van der Waals surface area contributed by atoms with Gasteiger partial charge in [0.2, 0.25) is 5.88 Å². The molecule has 3 aromatic rings. The minimum absolute atomic E-state index is 0.0126. The van der Waals surface area contributed by atoms with Crippen molar-refractivity contribution in [1.82, 2.24) is 19.9 Å². The molecule has 0 spiro atoms. The predicted molar refractivity (Wildman–Crippen MR) is 89.9 cm³/mol. The molecule has 1 aliphatic rings. The van der Waals surface area contributed by atoms with Crippen LogP contribution in [0.2, 0.25) is 0 Å². The van der Waals surface area contributed by atoms with Gasteiger partial charge < -0.3 is 14.6 Å². The number of fused-ring (bicyclic) bond motifs is 1. The van der Waals surface area contributed by atoms with Crippen LogP contribution in [0.5, 0.6) is 5.88 Å². The molecule has 24 heavy (non-hydrogen) atoms. The van der Waals surface area contributed by atoms with Crippen molar-refractivity contribution in [3.8, 4) is 5.88 Å². The second-order valence-corrected chi connectivity index (χ2v) is 5.95. The third-order valence-electron chi connectivity index (χ3n) is 4.25. The van der Waals surface area contributed by atoms with Crippen molar-refractivity contribution in [3.63, 3.8) is 0 Å². The van der Waals surface area contributed by atoms with Crippen LogP contribution in [0, 0.1) is 0 Å². The van der Waals surface area contributed by atoms with Crippen LogP contribution in [0.3, 0.4) is 0 Å². The number of ether oxygens (including phenoxy) is 1. The van der Waals surface area contributed by atoms with Crippen molar-refractivity contribution in [2.75, 3.05) is 13.1 Å². The van der Waals surface area contributed by atoms with E-state index in [1.54, 1.807) is 18.6 Å². The molecule has 6 heteroatoms. The molecular weight excluding hydrogens is 304 g/mol. The molecule has 1 saturated heterocycles. The van der Waals surface area contributed by atoms with E-state index in [4.69, 9.17) is 4.74 Å². The maximum atomic E-state index is 12.8. The highest BCUT2D eigenvalue weighted by atomic mass is 16.5. The average Bonchev–Trinajstić information content (AvgIpc) is 3.06. The Hall–Kier alpha value is -2.89. The van der Waals surface area contributed by atoms with Gasteiger partial charge in [0, 0.05) is 29.8 Å². The third-order valence-corrected chi connectivity index (χ3v) is 4.25. The van der Waals surface area contributed by atoms with E-state index in [2.05, 4.69) is 15.0 Å². The van der Waals surface area contributed by atoms with Gasteiger partial charge in [-0.05, 0) is 25.0 Å². The van der Waals surface area contributed by atoms with Crippen molar-refractivity contribution < 1.29 is 9.53 Å². The minimum Gasteiger partial charge on any atom is -0.471 e. The molecule has 1 atom stereocenters. The zero-order chi connectivity index (χ0) is 16.4. The molecule has 0 aliphatic carbocycles. The van der Waals surface area contributed by atoms with E-state index >= 15 is 0 Å². The molecule has 6 nitrogen and oxygen atoms in total. The van der Waals surface area contributed by atoms with E-state index in [1.807, 2.05) is 35.2 Å². The van der Waals surface area contributed by atoms with Gasteiger partial charge in [0.05, 0.1) is 12.7 Å². The minimum atomic E-state index is -0.0521. The maximum Gasteiger partial charge on any atom is 0.270 e. The number of amides is 1. The lowest BCUT2D eigenvalue weighted by atomic mass is 10.1. The number of aromatic amines is 1. The number of nitrogens with one attached hydrogen (secondary N) is 1. The lowest BCUT2D eigenvalue weighted by Crippen LogP contribution is -2.44. The maximum absolute atomic E-state index is 12.8. The molecule has 1 amide bonds. The van der Waals surface area contributed by atoms with Crippen LogP contribution in [-0.2, 0) is 0 Å². The van der Waals surface area contributed by atoms with Crippen LogP contribution in [0.15, 0.2) is 48.9 Å². The van der Waals surface area contributed by atoms with Crippen LogP contribution in [-0.4, -0.2) is 45.0 Å². The van der Waals surface area contributed by atoms with E-state index in [-0.39, 0.29) is 12.0 Å². The molecule has 0 saturated carbocycles. The summed E-state index contributed by atoms with van der Waals surface area (Å²) in [5.74, 6) is 0.515. The van der Waals surface area contributed by atoms with Gasteiger partial charge in [0.25, 0.3) is 5.91 Å². The Balaban J connectivity index is 1.48.